The van der Waals surface area contributed by atoms with Gasteiger partial charge in [-0.25, -0.2) is 0 Å². The Hall–Kier alpha value is -2.22. The zero-order valence-corrected chi connectivity index (χ0v) is 18.3. The van der Waals surface area contributed by atoms with Gasteiger partial charge in [0.1, 0.15) is 5.75 Å². The van der Waals surface area contributed by atoms with Crippen molar-refractivity contribution in [1.29, 1.82) is 0 Å². The first-order chi connectivity index (χ1) is 14.0. The monoisotopic (exact) mass is 450 g/mol. The van der Waals surface area contributed by atoms with Gasteiger partial charge in [0.05, 0.1) is 22.4 Å². The Labute approximate surface area is 183 Å². The highest BCUT2D eigenvalue weighted by molar-refractivity contribution is 7.99. The molecule has 0 fully saturated rings. The minimum Gasteiger partial charge on any atom is -0.494 e. The Morgan fingerprint density at radius 3 is 2.52 bits per heavy atom. The van der Waals surface area contributed by atoms with Gasteiger partial charge < -0.3 is 14.6 Å². The molecule has 0 saturated carbocycles. The van der Waals surface area contributed by atoms with Crippen LogP contribution in [0.5, 0.6) is 5.75 Å². The molecule has 0 aliphatic heterocycles. The first-order valence-electron chi connectivity index (χ1n) is 9.06. The standard InChI is InChI=1S/C20H20Cl2N4O2S/c1-3-26-19(13-5-8-15(9-6-13)28-4-2)24-25-20(26)29-12-18(27)23-14-7-10-16(21)17(22)11-14/h5-11H,3-4,12H2,1-2H3,(H,23,27). The van der Waals surface area contributed by atoms with E-state index >= 15 is 0 Å². The molecule has 1 heterocycles. The number of rotatable bonds is 8. The van der Waals surface area contributed by atoms with Crippen molar-refractivity contribution in [2.24, 2.45) is 0 Å². The summed E-state index contributed by atoms with van der Waals surface area (Å²) in [5.41, 5.74) is 1.53. The predicted octanol–water partition coefficient (Wildman–Crippen LogP) is 5.40. The SMILES string of the molecule is CCOc1ccc(-c2nnc(SCC(=O)Nc3ccc(Cl)c(Cl)c3)n2CC)cc1. The highest BCUT2D eigenvalue weighted by atomic mass is 35.5. The summed E-state index contributed by atoms with van der Waals surface area (Å²) >= 11 is 13.2. The zero-order chi connectivity index (χ0) is 20.8. The second kappa shape index (κ2) is 10.0. The van der Waals surface area contributed by atoms with Crippen molar-refractivity contribution in [3.05, 3.63) is 52.5 Å². The second-order valence-corrected chi connectivity index (χ2v) is 7.73. The van der Waals surface area contributed by atoms with Gasteiger partial charge in [-0.2, -0.15) is 0 Å². The fraction of sp³-hybridized carbons (Fsp3) is 0.250. The van der Waals surface area contributed by atoms with Crippen molar-refractivity contribution in [2.45, 2.75) is 25.5 Å². The largest absolute Gasteiger partial charge is 0.494 e. The normalized spacial score (nSPS) is 10.8. The number of carbonyl (C=O) groups is 1. The molecule has 0 spiro atoms. The molecule has 1 aromatic heterocycles. The summed E-state index contributed by atoms with van der Waals surface area (Å²) < 4.78 is 7.46. The lowest BCUT2D eigenvalue weighted by Crippen LogP contribution is -2.14. The van der Waals surface area contributed by atoms with Crippen LogP contribution in [0, 0.1) is 0 Å². The molecule has 9 heteroatoms. The Morgan fingerprint density at radius 2 is 1.86 bits per heavy atom. The number of amides is 1. The molecule has 3 aromatic rings. The number of hydrogen-bond acceptors (Lipinski definition) is 5. The van der Waals surface area contributed by atoms with Crippen molar-refractivity contribution in [3.63, 3.8) is 0 Å². The minimum absolute atomic E-state index is 0.165. The van der Waals surface area contributed by atoms with Gasteiger partial charge in [0.2, 0.25) is 5.91 Å². The number of carbonyl (C=O) groups excluding carboxylic acids is 1. The van der Waals surface area contributed by atoms with E-state index in [1.807, 2.05) is 42.7 Å². The molecule has 0 bridgehead atoms. The number of anilines is 1. The number of halogens is 2. The van der Waals surface area contributed by atoms with E-state index in [1.165, 1.54) is 11.8 Å². The molecular weight excluding hydrogens is 431 g/mol. The van der Waals surface area contributed by atoms with E-state index in [2.05, 4.69) is 15.5 Å². The zero-order valence-electron chi connectivity index (χ0n) is 16.0. The molecule has 0 radical (unpaired) electrons. The molecule has 0 aliphatic carbocycles. The number of ether oxygens (including phenoxy) is 1. The molecule has 0 unspecified atom stereocenters. The van der Waals surface area contributed by atoms with Crippen LogP contribution in [0.2, 0.25) is 10.0 Å². The molecule has 0 saturated heterocycles. The van der Waals surface area contributed by atoms with Crippen LogP contribution in [0.3, 0.4) is 0 Å². The van der Waals surface area contributed by atoms with E-state index in [4.69, 9.17) is 27.9 Å². The number of nitrogens with one attached hydrogen (secondary N) is 1. The number of nitrogens with zero attached hydrogens (tertiary/aromatic N) is 3. The molecular formula is C20H20Cl2N4O2S. The maximum atomic E-state index is 12.3. The second-order valence-electron chi connectivity index (χ2n) is 5.97. The third-order valence-electron chi connectivity index (χ3n) is 3.99. The third kappa shape index (κ3) is 5.44. The van der Waals surface area contributed by atoms with Gasteiger partial charge in [-0.1, -0.05) is 35.0 Å². The summed E-state index contributed by atoms with van der Waals surface area (Å²) in [7, 11) is 0. The highest BCUT2D eigenvalue weighted by Gasteiger charge is 2.15. The summed E-state index contributed by atoms with van der Waals surface area (Å²) in [6.07, 6.45) is 0. The molecule has 6 nitrogen and oxygen atoms in total. The molecule has 0 aliphatic rings. The van der Waals surface area contributed by atoms with E-state index in [9.17, 15) is 4.79 Å². The number of hydrogen-bond donors (Lipinski definition) is 1. The fourth-order valence-corrected chi connectivity index (χ4v) is 3.76. The van der Waals surface area contributed by atoms with Crippen molar-refractivity contribution in [3.8, 4) is 17.1 Å². The van der Waals surface area contributed by atoms with E-state index < -0.39 is 0 Å². The van der Waals surface area contributed by atoms with E-state index in [-0.39, 0.29) is 11.7 Å². The van der Waals surface area contributed by atoms with Gasteiger partial charge in [-0.15, -0.1) is 10.2 Å². The number of benzene rings is 2. The van der Waals surface area contributed by atoms with Crippen LogP contribution in [0.4, 0.5) is 5.69 Å². The van der Waals surface area contributed by atoms with Gasteiger partial charge >= 0.3 is 0 Å². The minimum atomic E-state index is -0.165. The average molecular weight is 451 g/mol. The third-order valence-corrected chi connectivity index (χ3v) is 5.70. The highest BCUT2D eigenvalue weighted by Crippen LogP contribution is 2.27. The van der Waals surface area contributed by atoms with Crippen LogP contribution < -0.4 is 10.1 Å². The van der Waals surface area contributed by atoms with Gasteiger partial charge in [0, 0.05) is 17.8 Å². The maximum Gasteiger partial charge on any atom is 0.234 e. The van der Waals surface area contributed by atoms with Gasteiger partial charge in [0.15, 0.2) is 11.0 Å². The topological polar surface area (TPSA) is 69.0 Å². The van der Waals surface area contributed by atoms with Crippen LogP contribution in [-0.2, 0) is 11.3 Å². The Morgan fingerprint density at radius 1 is 1.10 bits per heavy atom. The van der Waals surface area contributed by atoms with Crippen molar-refractivity contribution in [1.82, 2.24) is 14.8 Å². The first kappa shape index (κ1) is 21.5. The van der Waals surface area contributed by atoms with E-state index in [1.54, 1.807) is 18.2 Å². The van der Waals surface area contributed by atoms with Crippen LogP contribution in [0.25, 0.3) is 11.4 Å². The van der Waals surface area contributed by atoms with Gasteiger partial charge in [-0.3, -0.25) is 4.79 Å². The van der Waals surface area contributed by atoms with Crippen molar-refractivity contribution >= 4 is 46.6 Å². The summed E-state index contributed by atoms with van der Waals surface area (Å²) in [6.45, 7) is 5.27. The van der Waals surface area contributed by atoms with Crippen LogP contribution in [0.1, 0.15) is 13.8 Å². The lowest BCUT2D eigenvalue weighted by atomic mass is 10.2. The Bertz CT molecular complexity index is 993. The predicted molar refractivity (Wildman–Crippen MR) is 118 cm³/mol. The molecule has 1 N–H and O–H groups in total. The quantitative estimate of drug-likeness (QED) is 0.465. The molecule has 152 valence electrons. The van der Waals surface area contributed by atoms with E-state index in [0.29, 0.717) is 34.0 Å². The maximum absolute atomic E-state index is 12.3. The molecule has 1 amide bonds. The molecule has 3 rings (SSSR count). The smallest absolute Gasteiger partial charge is 0.234 e. The van der Waals surface area contributed by atoms with Crippen LogP contribution in [0.15, 0.2) is 47.6 Å². The molecule has 29 heavy (non-hydrogen) atoms. The van der Waals surface area contributed by atoms with E-state index in [0.717, 1.165) is 17.1 Å². The fourth-order valence-electron chi connectivity index (χ4n) is 2.66. The average Bonchev–Trinajstić information content (AvgIpc) is 3.13. The van der Waals surface area contributed by atoms with Gasteiger partial charge in [0.25, 0.3) is 0 Å². The summed E-state index contributed by atoms with van der Waals surface area (Å²) in [5, 5.41) is 12.9. The first-order valence-corrected chi connectivity index (χ1v) is 10.8. The lowest BCUT2D eigenvalue weighted by Gasteiger charge is -2.09. The van der Waals surface area contributed by atoms with Crippen molar-refractivity contribution in [2.75, 3.05) is 17.7 Å². The molecule has 2 aromatic carbocycles. The van der Waals surface area contributed by atoms with Gasteiger partial charge in [-0.05, 0) is 56.3 Å². The van der Waals surface area contributed by atoms with Crippen LogP contribution in [-0.4, -0.2) is 33.0 Å². The summed E-state index contributed by atoms with van der Waals surface area (Å²) in [4.78, 5) is 12.3. The number of thioether (sulfide) groups is 1. The van der Waals surface area contributed by atoms with Crippen LogP contribution >= 0.6 is 35.0 Å². The lowest BCUT2D eigenvalue weighted by molar-refractivity contribution is -0.113. The number of aromatic nitrogens is 3. The molecule has 0 atom stereocenters. The Balaban J connectivity index is 1.66. The van der Waals surface area contributed by atoms with Crippen molar-refractivity contribution < 1.29 is 9.53 Å². The Kier molecular flexibility index (Phi) is 7.41. The summed E-state index contributed by atoms with van der Waals surface area (Å²) in [5.74, 6) is 1.60. The summed E-state index contributed by atoms with van der Waals surface area (Å²) in [6, 6.07) is 12.7.